The maximum atomic E-state index is 13.6. The summed E-state index contributed by atoms with van der Waals surface area (Å²) in [5.74, 6) is -0.253. The van der Waals surface area contributed by atoms with Gasteiger partial charge in [0.1, 0.15) is 12.1 Å². The van der Waals surface area contributed by atoms with E-state index in [0.717, 1.165) is 68.0 Å². The molecule has 12 aromatic rings. The van der Waals surface area contributed by atoms with Gasteiger partial charge in [0.25, 0.3) is 0 Å². The molecule has 0 aromatic heterocycles. The van der Waals surface area contributed by atoms with Gasteiger partial charge in [-0.3, -0.25) is 29.0 Å². The Labute approximate surface area is 731 Å². The number of primary amides is 2. The Morgan fingerprint density at radius 2 is 0.525 bits per heavy atom. The number of hydrogen-bond acceptors (Lipinski definition) is 8. The maximum absolute atomic E-state index is 13.6. The van der Waals surface area contributed by atoms with Crippen LogP contribution in [0.5, 0.6) is 0 Å². The number of amides is 8. The van der Waals surface area contributed by atoms with Crippen molar-refractivity contribution in [2.24, 2.45) is 11.5 Å². The van der Waals surface area contributed by atoms with E-state index >= 15 is 0 Å². The number of anilines is 4. The van der Waals surface area contributed by atoms with E-state index in [1.807, 2.05) is 232 Å². The van der Waals surface area contributed by atoms with Crippen LogP contribution < -0.4 is 31.1 Å². The van der Waals surface area contributed by atoms with Gasteiger partial charge in [-0.1, -0.05) is 302 Å². The molecule has 0 fully saturated rings. The van der Waals surface area contributed by atoms with Gasteiger partial charge >= 0.3 is 12.1 Å². The first-order valence-corrected chi connectivity index (χ1v) is 41.9. The zero-order chi connectivity index (χ0) is 85.0. The maximum Gasteiger partial charge on any atom is 0.316 e. The van der Waals surface area contributed by atoms with Crippen molar-refractivity contribution in [3.8, 4) is 0 Å². The number of nitrogens with two attached hydrogens (primary N) is 2. The second-order valence-electron chi connectivity index (χ2n) is 29.9. The standard InChI is InChI=1S/C25H24Cl2N2O.C25H25ClN2O.C24H21Cl2N3O2.C24H22ClN3O2/c1-3-29-23(15-17-9-5-4-6-10-17)25(30)28(2)22-14-13-18(26)16-20(22)24(29)19-11-7-8-12-21(19)27;1-3-28-23(16-18-10-6-4-7-11-18)25(29)27(2)22-15-14-20(26)17-21(22)24(28)19-12-8-5-9-13-19;1-28-20-12-11-16(25)14-18(20)22(17-9-5-6-10-19(17)26)29(24(27)31)21(23(28)30)13-15-7-3-2-4-8-15;1-27-20-13-12-18(25)15-19(20)22(17-10-6-3-7-11-17)28(24(26)30)21(23(27)29)14-16-8-4-2-5-9-16/h4-14,16,23-24H,3,15H2,1-2H3;4-15,17,23-24H,3,16H2,1-2H3;2-12,14,21-22H,13H2,1H3,(H2,27,31);2-13,15,21-22H,14H2,1H3,(H2,26,30). The molecule has 16 nitrogen and oxygen atoms in total. The smallest absolute Gasteiger partial charge is 0.316 e. The molecule has 16 rings (SSSR count). The number of nitrogens with zero attached hydrogens (tertiary/aromatic N) is 8. The lowest BCUT2D eigenvalue weighted by Gasteiger charge is -2.35. The van der Waals surface area contributed by atoms with Gasteiger partial charge in [0, 0.05) is 105 Å². The Hall–Kier alpha value is -11.3. The molecule has 0 bridgehead atoms. The minimum absolute atomic E-state index is 0.0440. The fourth-order valence-corrected chi connectivity index (χ4v) is 18.2. The molecule has 0 saturated heterocycles. The molecule has 0 radical (unpaired) electrons. The number of urea groups is 2. The summed E-state index contributed by atoms with van der Waals surface area (Å²) < 4.78 is 0. The van der Waals surface area contributed by atoms with Gasteiger partial charge in [-0.2, -0.15) is 0 Å². The van der Waals surface area contributed by atoms with E-state index in [-0.39, 0.29) is 47.8 Å². The Kier molecular flexibility index (Phi) is 28.3. The first-order valence-electron chi connectivity index (χ1n) is 39.7. The van der Waals surface area contributed by atoms with Crippen LogP contribution in [0.25, 0.3) is 0 Å². The Morgan fingerprint density at radius 1 is 0.283 bits per heavy atom. The highest BCUT2D eigenvalue weighted by Crippen LogP contribution is 2.48. The quantitative estimate of drug-likeness (QED) is 0.108. The minimum atomic E-state index is -0.822. The van der Waals surface area contributed by atoms with Gasteiger partial charge < -0.3 is 40.9 Å². The summed E-state index contributed by atoms with van der Waals surface area (Å²) in [5.41, 5.74) is 26.3. The topological polar surface area (TPSA) is 180 Å². The number of likely N-dealkylation sites (N-methyl/N-ethyl adjacent to an activating group) is 6. The number of carbonyl (C=O) groups is 6. The molecule has 0 saturated carbocycles. The lowest BCUT2D eigenvalue weighted by atomic mass is 9.94. The Balaban J connectivity index is 0.000000138. The number of hydrogen-bond donors (Lipinski definition) is 2. The summed E-state index contributed by atoms with van der Waals surface area (Å²) in [6.07, 6.45) is 1.97. The summed E-state index contributed by atoms with van der Waals surface area (Å²) in [5, 5.41) is 3.50. The number of fused-ring (bicyclic) bond motifs is 4. The summed E-state index contributed by atoms with van der Waals surface area (Å²) in [7, 11) is 7.13. The fourth-order valence-electron chi connectivity index (χ4n) is 17.0. The van der Waals surface area contributed by atoms with Gasteiger partial charge in [0.15, 0.2) is 0 Å². The van der Waals surface area contributed by atoms with E-state index in [1.54, 1.807) is 70.1 Å². The Morgan fingerprint density at radius 3 is 0.842 bits per heavy atom. The van der Waals surface area contributed by atoms with Crippen molar-refractivity contribution in [3.63, 3.8) is 0 Å². The highest BCUT2D eigenvalue weighted by atomic mass is 35.5. The zero-order valence-corrected chi connectivity index (χ0v) is 71.7. The molecule has 0 spiro atoms. The van der Waals surface area contributed by atoms with Crippen molar-refractivity contribution < 1.29 is 28.8 Å². The SMILES string of the molecule is CCN1C(Cc2ccccc2)C(=O)N(C)c2ccc(Cl)cc2C1c1ccccc1.CCN1C(Cc2ccccc2)C(=O)N(C)c2ccc(Cl)cc2C1c1ccccc1Cl.CN1C(=O)C(Cc2ccccc2)N(C(N)=O)C(c2ccccc2)c2cc(Cl)ccc21.CN1C(=O)C(Cc2ccccc2)N(C(N)=O)C(c2ccccc2Cl)c2cc(Cl)ccc21. The van der Waals surface area contributed by atoms with Crippen LogP contribution in [-0.2, 0) is 44.9 Å². The molecule has 22 heteroatoms. The number of benzene rings is 12. The lowest BCUT2D eigenvalue weighted by Crippen LogP contribution is -2.52. The van der Waals surface area contributed by atoms with Crippen LogP contribution in [-0.4, -0.2) is 121 Å². The largest absolute Gasteiger partial charge is 0.351 e. The molecule has 8 amide bonds. The second kappa shape index (κ2) is 39.3. The van der Waals surface area contributed by atoms with E-state index in [9.17, 15) is 28.8 Å². The summed E-state index contributed by atoms with van der Waals surface area (Å²) in [6, 6.07) is 91.9. The molecule has 12 aromatic carbocycles. The van der Waals surface area contributed by atoms with Gasteiger partial charge in [0.2, 0.25) is 23.6 Å². The number of carbonyl (C=O) groups excluding carboxylic acids is 6. The van der Waals surface area contributed by atoms with Crippen LogP contribution in [0.3, 0.4) is 0 Å². The van der Waals surface area contributed by atoms with Gasteiger partial charge in [-0.25, -0.2) is 9.59 Å². The van der Waals surface area contributed by atoms with Crippen LogP contribution in [0, 0.1) is 0 Å². The van der Waals surface area contributed by atoms with Crippen molar-refractivity contribution in [2.45, 2.75) is 87.9 Å². The van der Waals surface area contributed by atoms with E-state index in [4.69, 9.17) is 81.1 Å². The van der Waals surface area contributed by atoms with Crippen LogP contribution in [0.2, 0.25) is 30.1 Å². The molecule has 4 aliphatic heterocycles. The molecule has 8 unspecified atom stereocenters. The third kappa shape index (κ3) is 19.0. The van der Waals surface area contributed by atoms with Gasteiger partial charge in [-0.05, 0) is 166 Å². The number of halogens is 6. The first kappa shape index (κ1) is 86.6. The van der Waals surface area contributed by atoms with E-state index < -0.39 is 36.2 Å². The molecule has 612 valence electrons. The van der Waals surface area contributed by atoms with E-state index in [2.05, 4.69) is 72.2 Å². The van der Waals surface area contributed by atoms with E-state index in [1.165, 1.54) is 15.4 Å². The van der Waals surface area contributed by atoms with Crippen LogP contribution in [0.1, 0.15) is 105 Å². The molecule has 4 heterocycles. The van der Waals surface area contributed by atoms with E-state index in [0.29, 0.717) is 84.9 Å². The molecular weight excluding hydrogens is 1630 g/mol. The van der Waals surface area contributed by atoms with Crippen molar-refractivity contribution >= 4 is 128 Å². The molecular formula is C98H92Cl6N10O6. The first-order chi connectivity index (χ1) is 58.0. The zero-order valence-electron chi connectivity index (χ0n) is 67.2. The van der Waals surface area contributed by atoms with Gasteiger partial charge in [0.05, 0.1) is 36.3 Å². The Bertz CT molecular complexity index is 5630. The predicted molar refractivity (Wildman–Crippen MR) is 486 cm³/mol. The lowest BCUT2D eigenvalue weighted by molar-refractivity contribution is -0.124. The van der Waals surface area contributed by atoms with Crippen molar-refractivity contribution in [1.82, 2.24) is 19.6 Å². The fraction of sp³-hybridized carbons (Fsp3) is 0.204. The minimum Gasteiger partial charge on any atom is -0.351 e. The van der Waals surface area contributed by atoms with Crippen LogP contribution >= 0.6 is 69.6 Å². The molecule has 4 N–H and O–H groups in total. The highest BCUT2D eigenvalue weighted by molar-refractivity contribution is 6.33. The normalized spacial score (nSPS) is 19.1. The summed E-state index contributed by atoms with van der Waals surface area (Å²) in [6.45, 7) is 5.66. The van der Waals surface area contributed by atoms with Crippen molar-refractivity contribution in [3.05, 3.63) is 400 Å². The van der Waals surface area contributed by atoms with Crippen molar-refractivity contribution in [1.29, 1.82) is 0 Å². The van der Waals surface area contributed by atoms with Crippen LogP contribution in [0.4, 0.5) is 32.3 Å². The molecule has 8 atom stereocenters. The summed E-state index contributed by atoms with van der Waals surface area (Å²) >= 11 is 38.7. The molecule has 0 aliphatic carbocycles. The summed E-state index contributed by atoms with van der Waals surface area (Å²) in [4.78, 5) is 94.2. The monoisotopic (exact) mass is 1710 g/mol. The van der Waals surface area contributed by atoms with Crippen molar-refractivity contribution in [2.75, 3.05) is 60.9 Å². The highest BCUT2D eigenvalue weighted by Gasteiger charge is 2.47. The average Bonchev–Trinajstić information content (AvgIpc) is 1.59. The predicted octanol–water partition coefficient (Wildman–Crippen LogP) is 20.8. The third-order valence-electron chi connectivity index (χ3n) is 22.7. The molecule has 4 aliphatic rings. The third-order valence-corrected chi connectivity index (χ3v) is 24.3. The average molecular weight is 1720 g/mol. The number of rotatable bonds is 14. The molecule has 120 heavy (non-hydrogen) atoms. The van der Waals surface area contributed by atoms with Crippen LogP contribution in [0.15, 0.2) is 303 Å². The van der Waals surface area contributed by atoms with Gasteiger partial charge in [-0.15, -0.1) is 0 Å². The second-order valence-corrected chi connectivity index (χ2v) is 32.4.